The molecule has 0 aromatic heterocycles. The van der Waals surface area contributed by atoms with Gasteiger partial charge < -0.3 is 4.90 Å². The fourth-order valence-electron chi connectivity index (χ4n) is 4.17. The van der Waals surface area contributed by atoms with Crippen LogP contribution in [0.15, 0.2) is 72.8 Å². The number of carbonyl (C=O) groups is 4. The number of imide groups is 1. The molecule has 0 saturated heterocycles. The van der Waals surface area contributed by atoms with Crippen LogP contribution < -0.4 is 4.90 Å². The van der Waals surface area contributed by atoms with Gasteiger partial charge in [0.2, 0.25) is 5.91 Å². The largest absolute Gasteiger partial charge is 0.310 e. The minimum absolute atomic E-state index is 0.257. The van der Waals surface area contributed by atoms with Crippen LogP contribution in [0.2, 0.25) is 5.02 Å². The average Bonchev–Trinajstić information content (AvgIpc) is 3.66. The van der Waals surface area contributed by atoms with Gasteiger partial charge in [0.25, 0.3) is 11.8 Å². The maximum Gasteiger partial charge on any atom is 0.262 e. The summed E-state index contributed by atoms with van der Waals surface area (Å²) >= 11 is 6.22. The van der Waals surface area contributed by atoms with Crippen molar-refractivity contribution in [1.29, 1.82) is 0 Å². The molecule has 5 rings (SSSR count). The molecule has 3 aromatic carbocycles. The summed E-state index contributed by atoms with van der Waals surface area (Å²) in [4.78, 5) is 55.0. The van der Waals surface area contributed by atoms with E-state index >= 15 is 0 Å². The van der Waals surface area contributed by atoms with Gasteiger partial charge in [-0.2, -0.15) is 0 Å². The molecular formula is C27H21ClN2O4. The molecule has 1 aliphatic carbocycles. The maximum atomic E-state index is 13.5. The highest BCUT2D eigenvalue weighted by Gasteiger charge is 2.38. The summed E-state index contributed by atoms with van der Waals surface area (Å²) in [5.41, 5.74) is 1.79. The topological polar surface area (TPSA) is 74.8 Å². The number of anilines is 1. The Labute approximate surface area is 201 Å². The lowest BCUT2D eigenvalue weighted by Crippen LogP contribution is -2.44. The lowest BCUT2D eigenvalue weighted by atomic mass is 10.0. The number of nitrogens with zero attached hydrogens (tertiary/aromatic N) is 2. The number of hydrogen-bond donors (Lipinski definition) is 0. The first-order chi connectivity index (χ1) is 16.4. The van der Waals surface area contributed by atoms with E-state index in [1.54, 1.807) is 66.7 Å². The summed E-state index contributed by atoms with van der Waals surface area (Å²) < 4.78 is 0. The standard InChI is InChI=1S/C27H21ClN2O4/c28-19-12-13-23(22(14-19)25(32)18-6-2-1-3-7-18)29(15-17-10-11-17)24(31)16-30-26(33)20-8-4-5-9-21(20)27(30)34/h1-9,12-14,17H,10-11,15-16H2. The Morgan fingerprint density at radius 3 is 2.12 bits per heavy atom. The van der Waals surface area contributed by atoms with Gasteiger partial charge in [0.1, 0.15) is 6.54 Å². The zero-order valence-corrected chi connectivity index (χ0v) is 19.0. The molecule has 3 amide bonds. The second-order valence-corrected chi connectivity index (χ2v) is 8.98. The van der Waals surface area contributed by atoms with Gasteiger partial charge in [0.15, 0.2) is 5.78 Å². The Bertz CT molecular complexity index is 1280. The maximum absolute atomic E-state index is 13.5. The normalized spacial score (nSPS) is 14.8. The van der Waals surface area contributed by atoms with Crippen molar-refractivity contribution in [3.63, 3.8) is 0 Å². The van der Waals surface area contributed by atoms with Crippen LogP contribution in [0.3, 0.4) is 0 Å². The SMILES string of the molecule is O=C(c1ccccc1)c1cc(Cl)ccc1N(CC1CC1)C(=O)CN1C(=O)c2ccccc2C1=O. The van der Waals surface area contributed by atoms with Crippen molar-refractivity contribution >= 4 is 40.8 Å². The molecule has 3 aromatic rings. The lowest BCUT2D eigenvalue weighted by Gasteiger charge is -2.27. The Balaban J connectivity index is 1.48. The molecule has 1 fully saturated rings. The Kier molecular flexibility index (Phi) is 5.75. The zero-order valence-electron chi connectivity index (χ0n) is 18.2. The van der Waals surface area contributed by atoms with Gasteiger partial charge in [-0.3, -0.25) is 24.1 Å². The predicted molar refractivity (Wildman–Crippen MR) is 128 cm³/mol. The van der Waals surface area contributed by atoms with Crippen LogP contribution in [-0.2, 0) is 4.79 Å². The summed E-state index contributed by atoms with van der Waals surface area (Å²) in [6.07, 6.45) is 1.96. The quantitative estimate of drug-likeness (QED) is 0.372. The second-order valence-electron chi connectivity index (χ2n) is 8.55. The smallest absolute Gasteiger partial charge is 0.262 e. The lowest BCUT2D eigenvalue weighted by molar-refractivity contribution is -0.119. The fourth-order valence-corrected chi connectivity index (χ4v) is 4.34. The third-order valence-electron chi connectivity index (χ3n) is 6.14. The average molecular weight is 473 g/mol. The first-order valence-electron chi connectivity index (χ1n) is 11.1. The first kappa shape index (κ1) is 22.0. The zero-order chi connectivity index (χ0) is 23.8. The summed E-state index contributed by atoms with van der Waals surface area (Å²) in [6.45, 7) is -0.000630. The fraction of sp³-hybridized carbons (Fsp3) is 0.185. The number of hydrogen-bond acceptors (Lipinski definition) is 4. The number of halogens is 1. The molecule has 34 heavy (non-hydrogen) atoms. The van der Waals surface area contributed by atoms with E-state index in [9.17, 15) is 19.2 Å². The molecule has 1 heterocycles. The summed E-state index contributed by atoms with van der Waals surface area (Å²) in [5, 5.41) is 0.377. The summed E-state index contributed by atoms with van der Waals surface area (Å²) in [5.74, 6) is -1.35. The van der Waals surface area contributed by atoms with E-state index in [1.807, 2.05) is 6.07 Å². The van der Waals surface area contributed by atoms with Gasteiger partial charge in [0.05, 0.1) is 16.8 Å². The molecule has 1 aliphatic heterocycles. The van der Waals surface area contributed by atoms with Crippen molar-refractivity contribution in [2.24, 2.45) is 5.92 Å². The van der Waals surface area contributed by atoms with Gasteiger partial charge in [0, 0.05) is 22.7 Å². The highest BCUT2D eigenvalue weighted by molar-refractivity contribution is 6.31. The van der Waals surface area contributed by atoms with Gasteiger partial charge in [-0.25, -0.2) is 0 Å². The molecule has 0 spiro atoms. The highest BCUT2D eigenvalue weighted by atomic mass is 35.5. The predicted octanol–water partition coefficient (Wildman–Crippen LogP) is 4.61. The van der Waals surface area contributed by atoms with Crippen molar-refractivity contribution in [2.45, 2.75) is 12.8 Å². The van der Waals surface area contributed by atoms with E-state index in [0.717, 1.165) is 17.7 Å². The van der Waals surface area contributed by atoms with Crippen LogP contribution in [0, 0.1) is 5.92 Å². The molecule has 1 saturated carbocycles. The van der Waals surface area contributed by atoms with E-state index in [1.165, 1.54) is 4.90 Å². The molecule has 7 heteroatoms. The van der Waals surface area contributed by atoms with E-state index in [-0.39, 0.29) is 5.78 Å². The number of benzene rings is 3. The molecular weight excluding hydrogens is 452 g/mol. The molecule has 0 radical (unpaired) electrons. The highest BCUT2D eigenvalue weighted by Crippen LogP contribution is 2.34. The van der Waals surface area contributed by atoms with Crippen molar-refractivity contribution in [1.82, 2.24) is 4.90 Å². The molecule has 2 aliphatic rings. The van der Waals surface area contributed by atoms with Crippen LogP contribution in [0.1, 0.15) is 49.5 Å². The van der Waals surface area contributed by atoms with E-state index in [0.29, 0.717) is 45.4 Å². The number of fused-ring (bicyclic) bond motifs is 1. The molecule has 0 bridgehead atoms. The van der Waals surface area contributed by atoms with Crippen molar-refractivity contribution in [2.75, 3.05) is 18.0 Å². The van der Waals surface area contributed by atoms with Crippen molar-refractivity contribution < 1.29 is 19.2 Å². The minimum Gasteiger partial charge on any atom is -0.310 e. The minimum atomic E-state index is -0.489. The van der Waals surface area contributed by atoms with Crippen LogP contribution in [0.5, 0.6) is 0 Å². The molecule has 0 atom stereocenters. The summed E-state index contributed by atoms with van der Waals surface area (Å²) in [7, 11) is 0. The van der Waals surface area contributed by atoms with Crippen LogP contribution in [0.4, 0.5) is 5.69 Å². The molecule has 170 valence electrons. The molecule has 0 N–H and O–H groups in total. The Morgan fingerprint density at radius 1 is 0.882 bits per heavy atom. The van der Waals surface area contributed by atoms with Crippen molar-refractivity contribution in [3.05, 3.63) is 100 Å². The number of amides is 3. The number of rotatable bonds is 7. The van der Waals surface area contributed by atoms with E-state index < -0.39 is 24.3 Å². The van der Waals surface area contributed by atoms with Gasteiger partial charge in [-0.05, 0) is 49.1 Å². The van der Waals surface area contributed by atoms with E-state index in [2.05, 4.69) is 0 Å². The monoisotopic (exact) mass is 472 g/mol. The third kappa shape index (κ3) is 4.13. The first-order valence-corrected chi connectivity index (χ1v) is 11.5. The van der Waals surface area contributed by atoms with Crippen LogP contribution >= 0.6 is 11.6 Å². The van der Waals surface area contributed by atoms with Gasteiger partial charge in [-0.1, -0.05) is 54.1 Å². The van der Waals surface area contributed by atoms with Crippen LogP contribution in [0.25, 0.3) is 0 Å². The Hall–Kier alpha value is -3.77. The second kappa shape index (κ2) is 8.88. The number of carbonyl (C=O) groups excluding carboxylic acids is 4. The Morgan fingerprint density at radius 2 is 1.50 bits per heavy atom. The van der Waals surface area contributed by atoms with E-state index in [4.69, 9.17) is 11.6 Å². The third-order valence-corrected chi connectivity index (χ3v) is 6.38. The summed E-state index contributed by atoms with van der Waals surface area (Å²) in [6, 6.07) is 20.2. The van der Waals surface area contributed by atoms with Crippen LogP contribution in [-0.4, -0.2) is 41.5 Å². The van der Waals surface area contributed by atoms with Crippen molar-refractivity contribution in [3.8, 4) is 0 Å². The van der Waals surface area contributed by atoms with Gasteiger partial charge >= 0.3 is 0 Å². The van der Waals surface area contributed by atoms with Gasteiger partial charge in [-0.15, -0.1) is 0 Å². The number of ketones is 1. The molecule has 0 unspecified atom stereocenters. The molecule has 6 nitrogen and oxygen atoms in total.